The summed E-state index contributed by atoms with van der Waals surface area (Å²) >= 11 is 3.26. The summed E-state index contributed by atoms with van der Waals surface area (Å²) in [7, 11) is 0. The number of rotatable bonds is 1. The Hall–Kier alpha value is -1.56. The SMILES string of the molecule is Nc1ccc(N2C(=O)CNC2=O)c(Br)c1. The van der Waals surface area contributed by atoms with E-state index in [1.165, 1.54) is 0 Å². The molecule has 0 radical (unpaired) electrons. The average Bonchev–Trinajstić information content (AvgIpc) is 2.48. The second kappa shape index (κ2) is 3.54. The number of benzene rings is 1. The van der Waals surface area contributed by atoms with Crippen LogP contribution in [0, 0.1) is 0 Å². The Kier molecular flexibility index (Phi) is 2.36. The first-order valence-electron chi connectivity index (χ1n) is 4.25. The molecule has 6 heteroatoms. The normalized spacial score (nSPS) is 15.7. The summed E-state index contributed by atoms with van der Waals surface area (Å²) in [6.07, 6.45) is 0. The van der Waals surface area contributed by atoms with Crippen LogP contribution < -0.4 is 16.0 Å². The Morgan fingerprint density at radius 2 is 2.13 bits per heavy atom. The van der Waals surface area contributed by atoms with Gasteiger partial charge in [-0.15, -0.1) is 0 Å². The van der Waals surface area contributed by atoms with Gasteiger partial charge in [-0.3, -0.25) is 4.79 Å². The average molecular weight is 270 g/mol. The lowest BCUT2D eigenvalue weighted by atomic mass is 10.2. The van der Waals surface area contributed by atoms with E-state index in [1.807, 2.05) is 0 Å². The van der Waals surface area contributed by atoms with Crippen molar-refractivity contribution in [2.45, 2.75) is 0 Å². The molecule has 0 bridgehead atoms. The number of urea groups is 1. The fourth-order valence-corrected chi connectivity index (χ4v) is 1.94. The van der Waals surface area contributed by atoms with Gasteiger partial charge in [-0.2, -0.15) is 0 Å². The van der Waals surface area contributed by atoms with Gasteiger partial charge >= 0.3 is 6.03 Å². The van der Waals surface area contributed by atoms with Crippen LogP contribution in [0.1, 0.15) is 0 Å². The van der Waals surface area contributed by atoms with Crippen molar-refractivity contribution >= 4 is 39.2 Å². The largest absolute Gasteiger partial charge is 0.399 e. The second-order valence-electron chi connectivity index (χ2n) is 3.10. The second-order valence-corrected chi connectivity index (χ2v) is 3.95. The number of hydrogen-bond donors (Lipinski definition) is 2. The number of nitrogens with two attached hydrogens (primary N) is 1. The molecule has 1 aliphatic heterocycles. The molecular weight excluding hydrogens is 262 g/mol. The number of hydrogen-bond acceptors (Lipinski definition) is 3. The number of nitrogens with one attached hydrogen (secondary N) is 1. The van der Waals surface area contributed by atoms with Crippen molar-refractivity contribution in [1.82, 2.24) is 5.32 Å². The summed E-state index contributed by atoms with van der Waals surface area (Å²) in [5.41, 5.74) is 6.63. The minimum absolute atomic E-state index is 0.0374. The molecule has 0 atom stereocenters. The van der Waals surface area contributed by atoms with E-state index in [9.17, 15) is 9.59 Å². The highest BCUT2D eigenvalue weighted by atomic mass is 79.9. The maximum absolute atomic E-state index is 11.4. The Bertz CT molecular complexity index is 431. The number of imide groups is 1. The van der Waals surface area contributed by atoms with Gasteiger partial charge in [0, 0.05) is 10.2 Å². The fourth-order valence-electron chi connectivity index (χ4n) is 1.37. The van der Waals surface area contributed by atoms with E-state index < -0.39 is 6.03 Å². The molecule has 78 valence electrons. The van der Waals surface area contributed by atoms with E-state index >= 15 is 0 Å². The van der Waals surface area contributed by atoms with Crippen LogP contribution in [-0.4, -0.2) is 18.5 Å². The Balaban J connectivity index is 2.45. The van der Waals surface area contributed by atoms with E-state index in [0.717, 1.165) is 4.90 Å². The summed E-state index contributed by atoms with van der Waals surface area (Å²) in [4.78, 5) is 23.9. The number of carbonyl (C=O) groups is 2. The van der Waals surface area contributed by atoms with Crippen molar-refractivity contribution in [3.8, 4) is 0 Å². The third kappa shape index (κ3) is 1.68. The lowest BCUT2D eigenvalue weighted by molar-refractivity contribution is -0.115. The van der Waals surface area contributed by atoms with Crippen LogP contribution in [0.15, 0.2) is 22.7 Å². The zero-order valence-electron chi connectivity index (χ0n) is 7.66. The lowest BCUT2D eigenvalue weighted by Gasteiger charge is -2.14. The Labute approximate surface area is 94.4 Å². The molecule has 5 nitrogen and oxygen atoms in total. The van der Waals surface area contributed by atoms with Crippen molar-refractivity contribution in [2.24, 2.45) is 0 Å². The molecule has 3 amide bonds. The van der Waals surface area contributed by atoms with Crippen LogP contribution in [0.2, 0.25) is 0 Å². The topological polar surface area (TPSA) is 75.4 Å². The first-order chi connectivity index (χ1) is 7.09. The fraction of sp³-hybridized carbons (Fsp3) is 0.111. The van der Waals surface area contributed by atoms with Gasteiger partial charge in [0.05, 0.1) is 12.2 Å². The summed E-state index contributed by atoms with van der Waals surface area (Å²) in [5, 5.41) is 2.45. The smallest absolute Gasteiger partial charge is 0.329 e. The molecule has 2 rings (SSSR count). The third-order valence-corrected chi connectivity index (χ3v) is 2.69. The molecule has 1 aliphatic rings. The molecular formula is C9H8BrN3O2. The first-order valence-corrected chi connectivity index (χ1v) is 5.04. The molecule has 1 fully saturated rings. The lowest BCUT2D eigenvalue weighted by Crippen LogP contribution is -2.30. The van der Waals surface area contributed by atoms with Crippen LogP contribution in [-0.2, 0) is 4.79 Å². The Morgan fingerprint density at radius 1 is 1.40 bits per heavy atom. The van der Waals surface area contributed by atoms with Gasteiger partial charge in [0.1, 0.15) is 0 Å². The van der Waals surface area contributed by atoms with E-state index in [1.54, 1.807) is 18.2 Å². The quantitative estimate of drug-likeness (QED) is 0.592. The predicted molar refractivity (Wildman–Crippen MR) is 59.4 cm³/mol. The monoisotopic (exact) mass is 269 g/mol. The van der Waals surface area contributed by atoms with Gasteiger partial charge in [0.15, 0.2) is 0 Å². The molecule has 0 spiro atoms. The number of nitrogen functional groups attached to an aromatic ring is 1. The molecule has 1 heterocycles. The highest BCUT2D eigenvalue weighted by molar-refractivity contribution is 9.10. The van der Waals surface area contributed by atoms with Crippen molar-refractivity contribution in [3.63, 3.8) is 0 Å². The molecule has 1 aromatic carbocycles. The number of nitrogens with zero attached hydrogens (tertiary/aromatic N) is 1. The number of anilines is 2. The van der Waals surface area contributed by atoms with Gasteiger partial charge in [-0.05, 0) is 34.1 Å². The van der Waals surface area contributed by atoms with E-state index in [2.05, 4.69) is 21.2 Å². The highest BCUT2D eigenvalue weighted by Gasteiger charge is 2.31. The standard InChI is InChI=1S/C9H8BrN3O2/c10-6-3-5(11)1-2-7(6)13-8(14)4-12-9(13)15/h1-3H,4,11H2,(H,12,15). The molecule has 0 aliphatic carbocycles. The summed E-state index contributed by atoms with van der Waals surface area (Å²) in [6, 6.07) is 4.50. The number of halogens is 1. The summed E-state index contributed by atoms with van der Waals surface area (Å²) in [5.74, 6) is -0.273. The van der Waals surface area contributed by atoms with Crippen LogP contribution in [0.25, 0.3) is 0 Å². The van der Waals surface area contributed by atoms with E-state index in [0.29, 0.717) is 15.8 Å². The van der Waals surface area contributed by atoms with Crippen LogP contribution in [0.4, 0.5) is 16.2 Å². The van der Waals surface area contributed by atoms with Gasteiger partial charge in [-0.25, -0.2) is 9.69 Å². The zero-order chi connectivity index (χ0) is 11.0. The van der Waals surface area contributed by atoms with Crippen LogP contribution in [0.5, 0.6) is 0 Å². The van der Waals surface area contributed by atoms with Gasteiger partial charge in [0.25, 0.3) is 5.91 Å². The van der Waals surface area contributed by atoms with Gasteiger partial charge in [0.2, 0.25) is 0 Å². The first kappa shape index (κ1) is 9.97. The van der Waals surface area contributed by atoms with Crippen molar-refractivity contribution in [1.29, 1.82) is 0 Å². The molecule has 0 unspecified atom stereocenters. The minimum atomic E-state index is -0.412. The number of amides is 3. The maximum atomic E-state index is 11.4. The van der Waals surface area contributed by atoms with E-state index in [-0.39, 0.29) is 12.5 Å². The number of carbonyl (C=O) groups excluding carboxylic acids is 2. The molecule has 1 aromatic rings. The van der Waals surface area contributed by atoms with Crippen LogP contribution in [0.3, 0.4) is 0 Å². The molecule has 3 N–H and O–H groups in total. The minimum Gasteiger partial charge on any atom is -0.399 e. The maximum Gasteiger partial charge on any atom is 0.329 e. The third-order valence-electron chi connectivity index (χ3n) is 2.06. The molecule has 15 heavy (non-hydrogen) atoms. The summed E-state index contributed by atoms with van der Waals surface area (Å²) < 4.78 is 0.618. The predicted octanol–water partition coefficient (Wildman–Crippen LogP) is 1.09. The van der Waals surface area contributed by atoms with Crippen molar-refractivity contribution in [2.75, 3.05) is 17.2 Å². The highest BCUT2D eigenvalue weighted by Crippen LogP contribution is 2.29. The zero-order valence-corrected chi connectivity index (χ0v) is 9.24. The molecule has 0 aromatic heterocycles. The van der Waals surface area contributed by atoms with Crippen LogP contribution >= 0.6 is 15.9 Å². The Morgan fingerprint density at radius 3 is 2.67 bits per heavy atom. The van der Waals surface area contributed by atoms with Crippen molar-refractivity contribution in [3.05, 3.63) is 22.7 Å². The summed E-state index contributed by atoms with van der Waals surface area (Å²) in [6.45, 7) is 0.0374. The van der Waals surface area contributed by atoms with E-state index in [4.69, 9.17) is 5.73 Å². The molecule has 0 saturated carbocycles. The van der Waals surface area contributed by atoms with Crippen molar-refractivity contribution < 1.29 is 9.59 Å². The van der Waals surface area contributed by atoms with Gasteiger partial charge in [-0.1, -0.05) is 0 Å². The molecule has 1 saturated heterocycles. The van der Waals surface area contributed by atoms with Gasteiger partial charge < -0.3 is 11.1 Å².